The zero-order chi connectivity index (χ0) is 26.3. The molecular weight excluding hydrogens is 535 g/mol. The van der Waals surface area contributed by atoms with Gasteiger partial charge >= 0.3 is 23.0 Å². The predicted molar refractivity (Wildman–Crippen MR) is 118 cm³/mol. The van der Waals surface area contributed by atoms with E-state index < -0.39 is 60.1 Å². The van der Waals surface area contributed by atoms with Crippen LogP contribution in [-0.4, -0.2) is 80.1 Å². The number of nitrogen functional groups attached to an aromatic ring is 1. The van der Waals surface area contributed by atoms with Gasteiger partial charge in [-0.1, -0.05) is 13.8 Å². The van der Waals surface area contributed by atoms with E-state index in [1.54, 1.807) is 0 Å². The lowest BCUT2D eigenvalue weighted by molar-refractivity contribution is -0.0516. The summed E-state index contributed by atoms with van der Waals surface area (Å²) in [4.78, 5) is 49.2. The molecule has 1 saturated heterocycles. The van der Waals surface area contributed by atoms with E-state index in [-0.39, 0.29) is 22.9 Å². The van der Waals surface area contributed by atoms with Crippen LogP contribution in [0.4, 0.5) is 5.82 Å². The maximum atomic E-state index is 12.0. The van der Waals surface area contributed by atoms with Crippen LogP contribution in [0.1, 0.15) is 38.2 Å². The molecule has 0 aliphatic carbocycles. The number of nitrogens with zero attached hydrogens (tertiary/aromatic N) is 4. The van der Waals surface area contributed by atoms with Gasteiger partial charge < -0.3 is 40.3 Å². The van der Waals surface area contributed by atoms with Crippen molar-refractivity contribution in [3.8, 4) is 0 Å². The highest BCUT2D eigenvalue weighted by Gasteiger charge is 2.47. The summed E-state index contributed by atoms with van der Waals surface area (Å²) in [6.45, 7) is 2.84. The quantitative estimate of drug-likeness (QED) is 0.188. The molecule has 0 aromatic carbocycles. The van der Waals surface area contributed by atoms with E-state index in [1.807, 2.05) is 13.8 Å². The van der Waals surface area contributed by atoms with E-state index in [0.29, 0.717) is 12.2 Å². The third kappa shape index (κ3) is 6.52. The van der Waals surface area contributed by atoms with Crippen LogP contribution in [0.25, 0.3) is 11.2 Å². The van der Waals surface area contributed by atoms with E-state index in [4.69, 9.17) is 20.3 Å². The normalized spacial score (nSPS) is 27.5. The first-order chi connectivity index (χ1) is 16.1. The average molecular weight is 561 g/mol. The van der Waals surface area contributed by atoms with E-state index >= 15 is 0 Å². The Morgan fingerprint density at radius 3 is 2.43 bits per heavy atom. The zero-order valence-electron chi connectivity index (χ0n) is 18.4. The van der Waals surface area contributed by atoms with Crippen LogP contribution in [0.5, 0.6) is 0 Å². The lowest BCUT2D eigenvalue weighted by Gasteiger charge is -2.21. The first kappa shape index (κ1) is 28.3. The topological polar surface area (TPSA) is 270 Å². The molecule has 198 valence electrons. The number of ether oxygens (including phenoxy) is 1. The Kier molecular flexibility index (Phi) is 8.24. The summed E-state index contributed by atoms with van der Waals surface area (Å²) in [6.07, 6.45) is -4.14. The molecule has 1 aliphatic rings. The lowest BCUT2D eigenvalue weighted by Crippen LogP contribution is -2.34. The molecule has 3 unspecified atom stereocenters. The molecule has 3 heterocycles. The van der Waals surface area contributed by atoms with Gasteiger partial charge in [0, 0.05) is 5.92 Å². The third-order valence-electron chi connectivity index (χ3n) is 5.17. The number of phosphoric ester groups is 1. The largest absolute Gasteiger partial charge is 0.479 e. The number of hydrogen-bond donors (Lipinski definition) is 7. The summed E-state index contributed by atoms with van der Waals surface area (Å²) < 4.78 is 50.4. The Bertz CT molecular complexity index is 1220. The highest BCUT2D eigenvalue weighted by molar-refractivity contribution is 7.73. The Hall–Kier alpha value is -1.32. The molecule has 20 heteroatoms. The highest BCUT2D eigenvalue weighted by Crippen LogP contribution is 2.65. The first-order valence-electron chi connectivity index (χ1n) is 10.1. The highest BCUT2D eigenvalue weighted by atomic mass is 31.3. The summed E-state index contributed by atoms with van der Waals surface area (Å²) >= 11 is 0. The summed E-state index contributed by atoms with van der Waals surface area (Å²) in [5.74, 6) is -1.38. The van der Waals surface area contributed by atoms with Crippen LogP contribution in [-0.2, 0) is 27.3 Å². The molecule has 1 fully saturated rings. The van der Waals surface area contributed by atoms with Gasteiger partial charge in [-0.15, -0.1) is 0 Å². The van der Waals surface area contributed by atoms with E-state index in [1.165, 1.54) is 10.9 Å². The number of rotatable bonds is 10. The van der Waals surface area contributed by atoms with Crippen molar-refractivity contribution < 1.29 is 57.1 Å². The minimum Gasteiger partial charge on any atom is -0.387 e. The zero-order valence-corrected chi connectivity index (χ0v) is 21.1. The summed E-state index contributed by atoms with van der Waals surface area (Å²) in [7, 11) is -15.6. The predicted octanol–water partition coefficient (Wildman–Crippen LogP) is -0.00460. The second kappa shape index (κ2) is 10.2. The van der Waals surface area contributed by atoms with Gasteiger partial charge in [-0.2, -0.15) is 0 Å². The lowest BCUT2D eigenvalue weighted by atomic mass is 10.1. The number of aliphatic hydroxyl groups excluding tert-OH is 2. The number of fused-ring (bicyclic) bond motifs is 1. The second-order valence-electron chi connectivity index (χ2n) is 7.92. The number of phosphoric acid groups is 1. The van der Waals surface area contributed by atoms with Crippen molar-refractivity contribution in [2.45, 2.75) is 50.7 Å². The molecule has 0 amide bonds. The first-order valence-corrected chi connectivity index (χ1v) is 15.2. The molecule has 35 heavy (non-hydrogen) atoms. The smallest absolute Gasteiger partial charge is 0.387 e. The number of hydrogen-bond acceptors (Lipinski definition) is 12. The second-order valence-corrected chi connectivity index (χ2v) is 13.5. The molecule has 0 radical (unpaired) electrons. The fourth-order valence-electron chi connectivity index (χ4n) is 3.42. The van der Waals surface area contributed by atoms with E-state index in [2.05, 4.69) is 23.8 Å². The number of aliphatic hydroxyl groups is 2. The van der Waals surface area contributed by atoms with Gasteiger partial charge in [0.1, 0.15) is 30.5 Å². The van der Waals surface area contributed by atoms with Crippen molar-refractivity contribution in [1.82, 2.24) is 19.5 Å². The molecule has 0 saturated carbocycles. The van der Waals surface area contributed by atoms with Gasteiger partial charge in [0.05, 0.1) is 6.61 Å². The Balaban J connectivity index is 1.82. The van der Waals surface area contributed by atoms with Gasteiger partial charge in [-0.05, 0) is 6.42 Å². The average Bonchev–Trinajstić information content (AvgIpc) is 3.22. The molecule has 17 nitrogen and oxygen atoms in total. The molecule has 1 aliphatic heterocycles. The summed E-state index contributed by atoms with van der Waals surface area (Å²) in [5.41, 5.74) is 6.34. The minimum absolute atomic E-state index is 0.0772. The number of imidazole rings is 1. The maximum absolute atomic E-state index is 12.0. The number of aromatic nitrogens is 4. The van der Waals surface area contributed by atoms with Crippen molar-refractivity contribution in [3.63, 3.8) is 0 Å². The molecular formula is C15H26N5O12P3. The van der Waals surface area contributed by atoms with Crippen LogP contribution >= 0.6 is 23.0 Å². The fourth-order valence-corrected chi connectivity index (χ4v) is 7.76. The van der Waals surface area contributed by atoms with Crippen molar-refractivity contribution >= 4 is 40.0 Å². The van der Waals surface area contributed by atoms with Gasteiger partial charge in [-0.3, -0.25) is 18.2 Å². The Morgan fingerprint density at radius 2 is 1.83 bits per heavy atom. The summed E-state index contributed by atoms with van der Waals surface area (Å²) in [5, 5.41) is 21.1. The van der Waals surface area contributed by atoms with Crippen LogP contribution in [0.15, 0.2) is 6.33 Å². The summed E-state index contributed by atoms with van der Waals surface area (Å²) in [6, 6.07) is 0. The fraction of sp³-hybridized carbons (Fsp3) is 0.667. The van der Waals surface area contributed by atoms with Gasteiger partial charge in [0.2, 0.25) is 0 Å². The molecule has 3 rings (SSSR count). The van der Waals surface area contributed by atoms with Crippen molar-refractivity contribution in [2.24, 2.45) is 0 Å². The van der Waals surface area contributed by atoms with E-state index in [0.717, 1.165) is 0 Å². The van der Waals surface area contributed by atoms with Crippen LogP contribution < -0.4 is 5.73 Å². The van der Waals surface area contributed by atoms with Crippen LogP contribution in [0.2, 0.25) is 0 Å². The van der Waals surface area contributed by atoms with Gasteiger partial charge in [0.25, 0.3) is 0 Å². The van der Waals surface area contributed by atoms with Crippen LogP contribution in [0.3, 0.4) is 0 Å². The van der Waals surface area contributed by atoms with Crippen LogP contribution in [0, 0.1) is 0 Å². The molecule has 7 atom stereocenters. The molecule has 0 spiro atoms. The third-order valence-corrected chi connectivity index (χ3v) is 10.4. The van der Waals surface area contributed by atoms with Gasteiger partial charge in [0.15, 0.2) is 29.1 Å². The molecule has 0 bridgehead atoms. The monoisotopic (exact) mass is 561 g/mol. The maximum Gasteiger partial charge on any atom is 0.479 e. The Labute approximate surface area is 198 Å². The van der Waals surface area contributed by atoms with Crippen molar-refractivity contribution in [2.75, 3.05) is 18.2 Å². The minimum atomic E-state index is -5.34. The van der Waals surface area contributed by atoms with Crippen molar-refractivity contribution in [1.29, 1.82) is 0 Å². The SMILES string of the molecule is CCC(C)c1nc2c(N)ncnc2n1[C@@H]1O[C@H](COP(=O)(O)OP(=O)(O)CP(=O)(O)O)[C@@H](O)[C@H]1O. The number of nitrogens with two attached hydrogens (primary N) is 1. The molecule has 2 aromatic heterocycles. The van der Waals surface area contributed by atoms with E-state index in [9.17, 15) is 33.7 Å². The Morgan fingerprint density at radius 1 is 1.17 bits per heavy atom. The number of anilines is 1. The standard InChI is InChI=1S/C15H26N5O12P3/c1-3-7(2)13-19-9-12(16)17-5-18-14(9)20(13)15-11(22)10(21)8(31-15)4-30-35(28,29)32-34(26,27)6-33(23,24)25/h5,7-8,10-11,15,21-22H,3-4,6H2,1-2H3,(H,26,27)(H,28,29)(H2,16,17,18)(H2,23,24,25)/t7?,8-,10-,11-,15-/m1/s1. The molecule has 8 N–H and O–H groups in total. The molecule has 2 aromatic rings. The van der Waals surface area contributed by atoms with Crippen molar-refractivity contribution in [3.05, 3.63) is 12.2 Å². The van der Waals surface area contributed by atoms with Gasteiger partial charge in [-0.25, -0.2) is 23.8 Å².